The molecule has 34 heavy (non-hydrogen) atoms. The molecule has 8 heteroatoms. The normalized spacial score (nSPS) is 13.3. The fraction of sp³-hybridized carbons (Fsp3) is 0.192. The molecule has 0 spiro atoms. The van der Waals surface area contributed by atoms with Crippen LogP contribution in [0.5, 0.6) is 5.75 Å². The summed E-state index contributed by atoms with van der Waals surface area (Å²) in [5.74, 6) is -0.585. The number of carboxylic acids is 1. The van der Waals surface area contributed by atoms with E-state index in [2.05, 4.69) is 31.4 Å². The highest BCUT2D eigenvalue weighted by Crippen LogP contribution is 2.26. The van der Waals surface area contributed by atoms with Gasteiger partial charge >= 0.3 is 5.97 Å². The summed E-state index contributed by atoms with van der Waals surface area (Å²) in [6.45, 7) is 2.43. The number of carboxylic acid groups (broad SMARTS) is 1. The molecule has 1 aliphatic heterocycles. The van der Waals surface area contributed by atoms with E-state index < -0.39 is 5.97 Å². The molecule has 3 aromatic rings. The van der Waals surface area contributed by atoms with Gasteiger partial charge in [-0.1, -0.05) is 12.1 Å². The summed E-state index contributed by atoms with van der Waals surface area (Å²) < 4.78 is 6.55. The SMILES string of the molecule is O=C(O)c1ccc(COc2ccc(/C=N\NC(=O)c3ccc(N4CCCC4)cc3)cc2Br)cc1. The summed E-state index contributed by atoms with van der Waals surface area (Å²) in [4.78, 5) is 25.6. The van der Waals surface area contributed by atoms with Crippen LogP contribution in [-0.4, -0.2) is 36.3 Å². The number of hydrogen-bond acceptors (Lipinski definition) is 5. The van der Waals surface area contributed by atoms with Gasteiger partial charge in [0.15, 0.2) is 0 Å². The molecule has 0 atom stereocenters. The molecule has 1 aliphatic rings. The predicted molar refractivity (Wildman–Crippen MR) is 135 cm³/mol. The molecule has 3 aromatic carbocycles. The standard InChI is InChI=1S/C26H24BrN3O4/c27-23-15-19(5-12-24(23)34-17-18-3-6-21(7-4-18)26(32)33)16-28-29-25(31)20-8-10-22(11-9-20)30-13-1-2-14-30/h3-12,15-16H,1-2,13-14,17H2,(H,29,31)(H,32,33)/b28-16-. The number of carbonyl (C=O) groups is 2. The molecule has 174 valence electrons. The lowest BCUT2D eigenvalue weighted by molar-refractivity contribution is 0.0696. The summed E-state index contributed by atoms with van der Waals surface area (Å²) in [6.07, 6.45) is 3.99. The zero-order valence-electron chi connectivity index (χ0n) is 18.4. The Morgan fingerprint density at radius 2 is 1.68 bits per heavy atom. The summed E-state index contributed by atoms with van der Waals surface area (Å²) in [6, 6.07) is 19.6. The first-order chi connectivity index (χ1) is 16.5. The van der Waals surface area contributed by atoms with Crippen LogP contribution in [0, 0.1) is 0 Å². The van der Waals surface area contributed by atoms with E-state index in [-0.39, 0.29) is 11.5 Å². The van der Waals surface area contributed by atoms with E-state index >= 15 is 0 Å². The highest BCUT2D eigenvalue weighted by molar-refractivity contribution is 9.10. The molecule has 0 unspecified atom stereocenters. The van der Waals surface area contributed by atoms with Gasteiger partial charge in [-0.2, -0.15) is 5.10 Å². The first-order valence-corrected chi connectivity index (χ1v) is 11.7. The van der Waals surface area contributed by atoms with Gasteiger partial charge in [-0.25, -0.2) is 10.2 Å². The van der Waals surface area contributed by atoms with Crippen molar-refractivity contribution in [1.82, 2.24) is 5.43 Å². The maximum atomic E-state index is 12.4. The van der Waals surface area contributed by atoms with Gasteiger partial charge in [-0.15, -0.1) is 0 Å². The minimum Gasteiger partial charge on any atom is -0.488 e. The van der Waals surface area contributed by atoms with Crippen molar-refractivity contribution in [3.05, 3.63) is 93.5 Å². The predicted octanol–water partition coefficient (Wildman–Crippen LogP) is 5.09. The Balaban J connectivity index is 1.29. The molecular weight excluding hydrogens is 498 g/mol. The number of nitrogens with zero attached hydrogens (tertiary/aromatic N) is 2. The lowest BCUT2D eigenvalue weighted by Gasteiger charge is -2.17. The minimum atomic E-state index is -0.959. The molecule has 1 amide bonds. The molecule has 7 nitrogen and oxygen atoms in total. The van der Waals surface area contributed by atoms with Gasteiger partial charge in [0, 0.05) is 24.3 Å². The maximum absolute atomic E-state index is 12.4. The van der Waals surface area contributed by atoms with Crippen molar-refractivity contribution in [2.24, 2.45) is 5.10 Å². The number of hydrogen-bond donors (Lipinski definition) is 2. The Hall–Kier alpha value is -3.65. The highest BCUT2D eigenvalue weighted by Gasteiger charge is 2.13. The first kappa shape index (κ1) is 23.5. The molecule has 0 aliphatic carbocycles. The lowest BCUT2D eigenvalue weighted by Crippen LogP contribution is -2.19. The van der Waals surface area contributed by atoms with E-state index in [9.17, 15) is 9.59 Å². The van der Waals surface area contributed by atoms with Gasteiger partial charge in [0.05, 0.1) is 16.3 Å². The number of hydrazone groups is 1. The Morgan fingerprint density at radius 3 is 2.32 bits per heavy atom. The molecule has 1 heterocycles. The molecule has 4 rings (SSSR count). The number of halogens is 1. The van der Waals surface area contributed by atoms with Gasteiger partial charge in [0.2, 0.25) is 0 Å². The van der Waals surface area contributed by atoms with Crippen LogP contribution in [0.3, 0.4) is 0 Å². The van der Waals surface area contributed by atoms with Crippen LogP contribution >= 0.6 is 15.9 Å². The van der Waals surface area contributed by atoms with Gasteiger partial charge in [0.1, 0.15) is 12.4 Å². The Kier molecular flexibility index (Phi) is 7.59. The van der Waals surface area contributed by atoms with E-state index in [1.807, 2.05) is 36.4 Å². The number of ether oxygens (including phenoxy) is 1. The number of amides is 1. The summed E-state index contributed by atoms with van der Waals surface area (Å²) >= 11 is 3.49. The van der Waals surface area contributed by atoms with Crippen LogP contribution in [0.25, 0.3) is 0 Å². The van der Waals surface area contributed by atoms with Crippen molar-refractivity contribution < 1.29 is 19.4 Å². The van der Waals surface area contributed by atoms with Crippen molar-refractivity contribution in [1.29, 1.82) is 0 Å². The quantitative estimate of drug-likeness (QED) is 0.318. The maximum Gasteiger partial charge on any atom is 0.335 e. The Bertz CT molecular complexity index is 1190. The van der Waals surface area contributed by atoms with Crippen LogP contribution < -0.4 is 15.1 Å². The monoisotopic (exact) mass is 521 g/mol. The number of benzene rings is 3. The van der Waals surface area contributed by atoms with Crippen LogP contribution in [0.15, 0.2) is 76.3 Å². The summed E-state index contributed by atoms with van der Waals surface area (Å²) in [5, 5.41) is 13.0. The van der Waals surface area contributed by atoms with Gasteiger partial charge in [-0.05, 0) is 94.5 Å². The molecule has 0 radical (unpaired) electrons. The molecule has 0 bridgehead atoms. The van der Waals surface area contributed by atoms with Crippen molar-refractivity contribution in [2.75, 3.05) is 18.0 Å². The van der Waals surface area contributed by atoms with Crippen LogP contribution in [0.2, 0.25) is 0 Å². The van der Waals surface area contributed by atoms with Crippen molar-refractivity contribution in [2.45, 2.75) is 19.4 Å². The molecule has 2 N–H and O–H groups in total. The second-order valence-corrected chi connectivity index (χ2v) is 8.78. The van der Waals surface area contributed by atoms with Crippen molar-refractivity contribution in [3.63, 3.8) is 0 Å². The van der Waals surface area contributed by atoms with Gasteiger partial charge < -0.3 is 14.7 Å². The zero-order chi connectivity index (χ0) is 23.9. The van der Waals surface area contributed by atoms with E-state index in [0.29, 0.717) is 17.9 Å². The van der Waals surface area contributed by atoms with Crippen molar-refractivity contribution in [3.8, 4) is 5.75 Å². The third kappa shape index (κ3) is 6.02. The Morgan fingerprint density at radius 1 is 1.00 bits per heavy atom. The lowest BCUT2D eigenvalue weighted by atomic mass is 10.1. The molecular formula is C26H24BrN3O4. The third-order valence-electron chi connectivity index (χ3n) is 5.53. The molecule has 1 fully saturated rings. The van der Waals surface area contributed by atoms with E-state index in [1.165, 1.54) is 12.8 Å². The number of rotatable bonds is 8. The number of nitrogens with one attached hydrogen (secondary N) is 1. The minimum absolute atomic E-state index is 0.236. The van der Waals surface area contributed by atoms with Gasteiger partial charge in [0.25, 0.3) is 5.91 Å². The molecule has 0 saturated carbocycles. The smallest absolute Gasteiger partial charge is 0.335 e. The molecule has 1 saturated heterocycles. The third-order valence-corrected chi connectivity index (χ3v) is 6.15. The van der Waals surface area contributed by atoms with Crippen LogP contribution in [0.4, 0.5) is 5.69 Å². The topological polar surface area (TPSA) is 91.2 Å². The van der Waals surface area contributed by atoms with Crippen LogP contribution in [0.1, 0.15) is 44.7 Å². The number of anilines is 1. The number of aromatic carboxylic acids is 1. The number of carbonyl (C=O) groups excluding carboxylic acids is 1. The largest absolute Gasteiger partial charge is 0.488 e. The van der Waals surface area contributed by atoms with Crippen molar-refractivity contribution >= 4 is 39.7 Å². The Labute approximate surface area is 206 Å². The fourth-order valence-corrected chi connectivity index (χ4v) is 4.16. The van der Waals surface area contributed by atoms with E-state index in [0.717, 1.165) is 34.4 Å². The van der Waals surface area contributed by atoms with Crippen LogP contribution in [-0.2, 0) is 6.61 Å². The summed E-state index contributed by atoms with van der Waals surface area (Å²) in [5.41, 5.74) is 6.14. The van der Waals surface area contributed by atoms with E-state index in [1.54, 1.807) is 36.5 Å². The summed E-state index contributed by atoms with van der Waals surface area (Å²) in [7, 11) is 0. The average Bonchev–Trinajstić information content (AvgIpc) is 3.39. The highest BCUT2D eigenvalue weighted by atomic mass is 79.9. The second-order valence-electron chi connectivity index (χ2n) is 7.92. The zero-order valence-corrected chi connectivity index (χ0v) is 20.0. The molecule has 0 aromatic heterocycles. The van der Waals surface area contributed by atoms with Gasteiger partial charge in [-0.3, -0.25) is 4.79 Å². The van der Waals surface area contributed by atoms with E-state index in [4.69, 9.17) is 9.84 Å². The second kappa shape index (κ2) is 11.0. The average molecular weight is 522 g/mol. The first-order valence-electron chi connectivity index (χ1n) is 10.9. The fourth-order valence-electron chi connectivity index (χ4n) is 3.65.